The molecule has 1 saturated heterocycles. The number of anilines is 2. The third-order valence-corrected chi connectivity index (χ3v) is 9.03. The van der Waals surface area contributed by atoms with E-state index in [1.165, 1.54) is 11.8 Å². The number of piperazine rings is 1. The van der Waals surface area contributed by atoms with E-state index in [1.54, 1.807) is 23.7 Å². The average molecular weight is 550 g/mol. The molecule has 1 aliphatic rings. The van der Waals surface area contributed by atoms with Crippen molar-refractivity contribution in [3.05, 3.63) is 64.4 Å². The van der Waals surface area contributed by atoms with Crippen molar-refractivity contribution in [3.63, 3.8) is 0 Å². The fraction of sp³-hybridized carbons (Fsp3) is 0.296. The van der Waals surface area contributed by atoms with Gasteiger partial charge in [-0.25, -0.2) is 4.98 Å². The van der Waals surface area contributed by atoms with Crippen molar-refractivity contribution < 1.29 is 0 Å². The lowest BCUT2D eigenvalue weighted by Gasteiger charge is -2.31. The monoisotopic (exact) mass is 549 g/mol. The minimum absolute atomic E-state index is 0.502. The zero-order valence-electron chi connectivity index (χ0n) is 20.8. The summed E-state index contributed by atoms with van der Waals surface area (Å²) < 4.78 is 2.91. The first-order chi connectivity index (χ1) is 18.0. The average Bonchev–Trinajstić information content (AvgIpc) is 3.50. The molecule has 0 saturated carbocycles. The fourth-order valence-electron chi connectivity index (χ4n) is 4.17. The number of fused-ring (bicyclic) bond motifs is 1. The molecule has 10 heteroatoms. The maximum absolute atomic E-state index is 9.76. The van der Waals surface area contributed by atoms with Gasteiger partial charge in [-0.3, -0.25) is 4.98 Å². The largest absolute Gasteiger partial charge is 0.353 e. The van der Waals surface area contributed by atoms with Crippen molar-refractivity contribution in [2.45, 2.75) is 16.5 Å². The molecule has 0 aliphatic carbocycles. The first-order valence-corrected chi connectivity index (χ1v) is 14.1. The number of hydrogen-bond acceptors (Lipinski definition) is 8. The SMILES string of the molecule is CN1CCN(CC/C=C/c2cc3ncc(C#N)c(Nc4ccc(Sc5nccn5C)c(Cl)c4)c3s2)CC1. The fourth-order valence-corrected chi connectivity index (χ4v) is 6.32. The Morgan fingerprint density at radius 1 is 1.19 bits per heavy atom. The van der Waals surface area contributed by atoms with Gasteiger partial charge in [-0.15, -0.1) is 11.3 Å². The third kappa shape index (κ3) is 6.17. The highest BCUT2D eigenvalue weighted by Gasteiger charge is 2.15. The Hall–Kier alpha value is -2.87. The third-order valence-electron chi connectivity index (χ3n) is 6.35. The molecule has 1 N–H and O–H groups in total. The molecular formula is C27H28ClN7S2. The highest BCUT2D eigenvalue weighted by Crippen LogP contribution is 2.38. The normalized spacial score (nSPS) is 15.0. The maximum atomic E-state index is 9.76. The molecule has 4 aromatic rings. The lowest BCUT2D eigenvalue weighted by Crippen LogP contribution is -2.44. The minimum atomic E-state index is 0.502. The summed E-state index contributed by atoms with van der Waals surface area (Å²) in [6, 6.07) is 10.2. The van der Waals surface area contributed by atoms with Crippen molar-refractivity contribution in [3.8, 4) is 6.07 Å². The van der Waals surface area contributed by atoms with E-state index in [0.29, 0.717) is 10.6 Å². The van der Waals surface area contributed by atoms with E-state index < -0.39 is 0 Å². The number of imidazole rings is 1. The molecule has 3 aromatic heterocycles. The summed E-state index contributed by atoms with van der Waals surface area (Å²) in [4.78, 5) is 15.8. The smallest absolute Gasteiger partial charge is 0.172 e. The summed E-state index contributed by atoms with van der Waals surface area (Å²) in [5, 5.41) is 14.7. The Morgan fingerprint density at radius 3 is 2.76 bits per heavy atom. The summed E-state index contributed by atoms with van der Waals surface area (Å²) in [7, 11) is 4.13. The van der Waals surface area contributed by atoms with Gasteiger partial charge in [-0.1, -0.05) is 29.4 Å². The van der Waals surface area contributed by atoms with Crippen LogP contribution in [0.25, 0.3) is 16.3 Å². The maximum Gasteiger partial charge on any atom is 0.172 e. The Bertz CT molecular complexity index is 1460. The predicted molar refractivity (Wildman–Crippen MR) is 154 cm³/mol. The molecule has 0 amide bonds. The molecule has 1 fully saturated rings. The quantitative estimate of drug-likeness (QED) is 0.284. The summed E-state index contributed by atoms with van der Waals surface area (Å²) in [6.45, 7) is 5.62. The molecule has 7 nitrogen and oxygen atoms in total. The van der Waals surface area contributed by atoms with E-state index in [0.717, 1.165) is 75.7 Å². The van der Waals surface area contributed by atoms with Crippen LogP contribution < -0.4 is 5.32 Å². The van der Waals surface area contributed by atoms with Crippen molar-refractivity contribution in [1.82, 2.24) is 24.3 Å². The van der Waals surface area contributed by atoms with Crippen LogP contribution in [-0.2, 0) is 7.05 Å². The molecule has 4 heterocycles. The second-order valence-electron chi connectivity index (χ2n) is 9.05. The van der Waals surface area contributed by atoms with Crippen LogP contribution in [0.15, 0.2) is 59.0 Å². The molecule has 190 valence electrons. The van der Waals surface area contributed by atoms with Crippen molar-refractivity contribution >= 4 is 62.4 Å². The van der Waals surface area contributed by atoms with Gasteiger partial charge in [0, 0.05) is 73.8 Å². The second kappa shape index (κ2) is 11.7. The standard InChI is InChI=1S/C27H28ClN7S2/c1-33-11-13-35(14-12-33)9-4-3-5-21-16-23-26(36-21)25(19(17-29)18-31-23)32-20-6-7-24(22(28)15-20)37-27-30-8-10-34(27)2/h3,5-8,10,15-16,18H,4,9,11-14H2,1-2H3,(H,31,32)/b5-3+. The molecule has 0 bridgehead atoms. The van der Waals surface area contributed by atoms with E-state index >= 15 is 0 Å². The van der Waals surface area contributed by atoms with Gasteiger partial charge in [0.1, 0.15) is 6.07 Å². The van der Waals surface area contributed by atoms with Crippen LogP contribution in [-0.4, -0.2) is 64.1 Å². The molecule has 0 spiro atoms. The number of pyridine rings is 1. The number of thiophene rings is 1. The summed E-state index contributed by atoms with van der Waals surface area (Å²) in [5.74, 6) is 0. The van der Waals surface area contributed by atoms with Gasteiger partial charge in [0.15, 0.2) is 5.16 Å². The highest BCUT2D eigenvalue weighted by molar-refractivity contribution is 7.99. The van der Waals surface area contributed by atoms with Crippen molar-refractivity contribution in [2.24, 2.45) is 7.05 Å². The molecule has 0 radical (unpaired) electrons. The van der Waals surface area contributed by atoms with Gasteiger partial charge in [0.05, 0.1) is 26.5 Å². The number of aryl methyl sites for hydroxylation is 1. The molecular weight excluding hydrogens is 522 g/mol. The lowest BCUT2D eigenvalue weighted by molar-refractivity contribution is 0.156. The van der Waals surface area contributed by atoms with E-state index in [1.807, 2.05) is 36.0 Å². The van der Waals surface area contributed by atoms with Crippen LogP contribution in [0.2, 0.25) is 5.02 Å². The Morgan fingerprint density at radius 2 is 2.03 bits per heavy atom. The lowest BCUT2D eigenvalue weighted by atomic mass is 10.2. The van der Waals surface area contributed by atoms with Gasteiger partial charge in [-0.05, 0) is 43.8 Å². The summed E-state index contributed by atoms with van der Waals surface area (Å²) >= 11 is 9.76. The number of nitrogens with one attached hydrogen (secondary N) is 1. The number of likely N-dealkylation sites (N-methyl/N-ethyl adjacent to an activating group) is 1. The van der Waals surface area contributed by atoms with Crippen LogP contribution in [0, 0.1) is 11.3 Å². The van der Waals surface area contributed by atoms with E-state index in [4.69, 9.17) is 11.6 Å². The van der Waals surface area contributed by atoms with Crippen LogP contribution in [0.5, 0.6) is 0 Å². The number of rotatable bonds is 8. The van der Waals surface area contributed by atoms with Crippen LogP contribution in [0.4, 0.5) is 11.4 Å². The highest BCUT2D eigenvalue weighted by atomic mass is 35.5. The topological polar surface area (TPSA) is 73.0 Å². The Balaban J connectivity index is 1.31. The molecule has 0 unspecified atom stereocenters. The number of hydrogen-bond donors (Lipinski definition) is 1. The number of nitriles is 1. The zero-order valence-corrected chi connectivity index (χ0v) is 23.2. The Kier molecular flexibility index (Phi) is 8.13. The van der Waals surface area contributed by atoms with Crippen LogP contribution in [0.1, 0.15) is 16.9 Å². The predicted octanol–water partition coefficient (Wildman–Crippen LogP) is 6.10. The van der Waals surface area contributed by atoms with Gasteiger partial charge in [0.25, 0.3) is 0 Å². The molecule has 37 heavy (non-hydrogen) atoms. The number of nitrogens with zero attached hydrogens (tertiary/aromatic N) is 6. The minimum Gasteiger partial charge on any atom is -0.353 e. The number of halogens is 1. The first-order valence-electron chi connectivity index (χ1n) is 12.1. The Labute approximate surface area is 230 Å². The summed E-state index contributed by atoms with van der Waals surface area (Å²) in [6.07, 6.45) is 10.7. The van der Waals surface area contributed by atoms with Crippen LogP contribution >= 0.6 is 34.7 Å². The van der Waals surface area contributed by atoms with E-state index in [2.05, 4.69) is 56.4 Å². The zero-order chi connectivity index (χ0) is 25.8. The van der Waals surface area contributed by atoms with Crippen molar-refractivity contribution in [2.75, 3.05) is 45.1 Å². The van der Waals surface area contributed by atoms with Crippen LogP contribution in [0.3, 0.4) is 0 Å². The molecule has 5 rings (SSSR count). The van der Waals surface area contributed by atoms with E-state index in [9.17, 15) is 5.26 Å². The summed E-state index contributed by atoms with van der Waals surface area (Å²) in [5.41, 5.74) is 2.95. The van der Waals surface area contributed by atoms with Crippen molar-refractivity contribution in [1.29, 1.82) is 5.26 Å². The van der Waals surface area contributed by atoms with Gasteiger partial charge in [0.2, 0.25) is 0 Å². The van der Waals surface area contributed by atoms with E-state index in [-0.39, 0.29) is 0 Å². The van der Waals surface area contributed by atoms with Gasteiger partial charge < -0.3 is 19.7 Å². The number of aromatic nitrogens is 3. The molecule has 0 atom stereocenters. The number of benzene rings is 1. The second-order valence-corrected chi connectivity index (χ2v) is 11.6. The molecule has 1 aromatic carbocycles. The molecule has 1 aliphatic heterocycles. The van der Waals surface area contributed by atoms with Gasteiger partial charge >= 0.3 is 0 Å². The first kappa shape index (κ1) is 25.8. The van der Waals surface area contributed by atoms with Gasteiger partial charge in [-0.2, -0.15) is 5.26 Å².